The molecule has 0 aliphatic carbocycles. The molecular weight excluding hydrogens is 320 g/mol. The smallest absolute Gasteiger partial charge is 0.0978 e. The lowest BCUT2D eigenvalue weighted by molar-refractivity contribution is -0.869. The van der Waals surface area contributed by atoms with Gasteiger partial charge in [0, 0.05) is 4.48 Å². The number of rotatable bonds is 5. The Morgan fingerprint density at radius 1 is 1.07 bits per heavy atom. The number of halogens is 2. The van der Waals surface area contributed by atoms with Crippen molar-refractivity contribution < 1.29 is 8.97 Å². The Balaban J connectivity index is 4.26. The van der Waals surface area contributed by atoms with Crippen LogP contribution in [0.4, 0.5) is 0 Å². The number of alkyl halides is 1. The summed E-state index contributed by atoms with van der Waals surface area (Å²) in [5.74, 6) is 0. The minimum atomic E-state index is 0.407. The van der Waals surface area contributed by atoms with Crippen LogP contribution in [0.15, 0.2) is 10.6 Å². The molecule has 0 aromatic carbocycles. The van der Waals surface area contributed by atoms with Crippen LogP contribution in [0.1, 0.15) is 0 Å². The third-order valence-electron chi connectivity index (χ3n) is 1.84. The zero-order chi connectivity index (χ0) is 12.3. The van der Waals surface area contributed by atoms with E-state index in [0.29, 0.717) is 4.83 Å². The molecule has 0 spiro atoms. The highest BCUT2D eigenvalue weighted by Crippen LogP contribution is 2.21. The van der Waals surface area contributed by atoms with Gasteiger partial charge >= 0.3 is 0 Å². The SMILES string of the molecule is C[N+](C)(C)C/C=C(/Br)[C@H](Br)C[N+](C)(C)C. The number of hydrogen-bond donors (Lipinski definition) is 0. The third kappa shape index (κ3) is 9.54. The van der Waals surface area contributed by atoms with Crippen molar-refractivity contribution in [2.45, 2.75) is 4.83 Å². The molecule has 0 aliphatic rings. The normalized spacial score (nSPS) is 16.7. The molecule has 0 N–H and O–H groups in total. The van der Waals surface area contributed by atoms with Gasteiger partial charge in [0.1, 0.15) is 0 Å². The van der Waals surface area contributed by atoms with Crippen LogP contribution in [-0.2, 0) is 0 Å². The minimum Gasteiger partial charge on any atom is -0.330 e. The van der Waals surface area contributed by atoms with E-state index in [1.54, 1.807) is 0 Å². The summed E-state index contributed by atoms with van der Waals surface area (Å²) in [6.45, 7) is 2.12. The summed E-state index contributed by atoms with van der Waals surface area (Å²) >= 11 is 7.35. The van der Waals surface area contributed by atoms with Crippen LogP contribution >= 0.6 is 31.9 Å². The molecule has 15 heavy (non-hydrogen) atoms. The fourth-order valence-corrected chi connectivity index (χ4v) is 2.40. The van der Waals surface area contributed by atoms with Crippen molar-refractivity contribution in [1.29, 1.82) is 0 Å². The van der Waals surface area contributed by atoms with Crippen LogP contribution in [-0.4, -0.2) is 69.2 Å². The van der Waals surface area contributed by atoms with Gasteiger partial charge < -0.3 is 8.97 Å². The van der Waals surface area contributed by atoms with Crippen molar-refractivity contribution in [3.05, 3.63) is 10.6 Å². The molecule has 0 bridgehead atoms. The molecule has 0 aromatic rings. The van der Waals surface area contributed by atoms with E-state index in [1.165, 1.54) is 4.48 Å². The molecular formula is C11H24Br2N2+2. The summed E-state index contributed by atoms with van der Waals surface area (Å²) in [4.78, 5) is 0.407. The summed E-state index contributed by atoms with van der Waals surface area (Å²) in [6, 6.07) is 0. The van der Waals surface area contributed by atoms with Crippen molar-refractivity contribution >= 4 is 31.9 Å². The van der Waals surface area contributed by atoms with Crippen LogP contribution in [0, 0.1) is 0 Å². The minimum absolute atomic E-state index is 0.407. The second kappa shape index (κ2) is 5.80. The van der Waals surface area contributed by atoms with Gasteiger partial charge in [0.25, 0.3) is 0 Å². The maximum absolute atomic E-state index is 3.71. The first-order valence-corrected chi connectivity index (χ1v) is 6.83. The predicted molar refractivity (Wildman–Crippen MR) is 75.5 cm³/mol. The monoisotopic (exact) mass is 342 g/mol. The van der Waals surface area contributed by atoms with E-state index in [9.17, 15) is 0 Å². The lowest BCUT2D eigenvalue weighted by Gasteiger charge is -2.27. The highest BCUT2D eigenvalue weighted by molar-refractivity contribution is 9.14. The zero-order valence-electron chi connectivity index (χ0n) is 10.7. The Kier molecular flexibility index (Phi) is 6.04. The number of likely N-dealkylation sites (N-methyl/N-ethyl adjacent to an activating group) is 1. The molecule has 1 atom stereocenters. The van der Waals surface area contributed by atoms with Gasteiger partial charge in [-0.25, -0.2) is 0 Å². The van der Waals surface area contributed by atoms with Crippen LogP contribution in [0.2, 0.25) is 0 Å². The van der Waals surface area contributed by atoms with Crippen LogP contribution in [0.5, 0.6) is 0 Å². The molecule has 0 saturated heterocycles. The molecule has 0 radical (unpaired) electrons. The van der Waals surface area contributed by atoms with Crippen molar-refractivity contribution in [3.63, 3.8) is 0 Å². The molecule has 4 heteroatoms. The highest BCUT2D eigenvalue weighted by Gasteiger charge is 2.18. The Bertz CT molecular complexity index is 224. The van der Waals surface area contributed by atoms with Crippen molar-refractivity contribution in [2.75, 3.05) is 55.4 Å². The highest BCUT2D eigenvalue weighted by atomic mass is 79.9. The first kappa shape index (κ1) is 15.6. The summed E-state index contributed by atoms with van der Waals surface area (Å²) in [5, 5.41) is 0. The van der Waals surface area contributed by atoms with E-state index in [4.69, 9.17) is 0 Å². The summed E-state index contributed by atoms with van der Waals surface area (Å²) in [5.41, 5.74) is 0. The van der Waals surface area contributed by atoms with Gasteiger partial charge in [-0.05, 0) is 6.08 Å². The van der Waals surface area contributed by atoms with Crippen molar-refractivity contribution in [1.82, 2.24) is 0 Å². The summed E-state index contributed by atoms with van der Waals surface area (Å²) in [7, 11) is 13.2. The molecule has 0 fully saturated rings. The number of nitrogens with zero attached hydrogens (tertiary/aromatic N) is 2. The maximum atomic E-state index is 3.71. The molecule has 0 unspecified atom stereocenters. The van der Waals surface area contributed by atoms with E-state index in [1.807, 2.05) is 0 Å². The molecule has 0 aromatic heterocycles. The van der Waals surface area contributed by atoms with E-state index < -0.39 is 0 Å². The number of hydrogen-bond acceptors (Lipinski definition) is 0. The standard InChI is InChI=1S/C11H24Br2N2/c1-14(2,3)8-7-10(12)11(13)9-15(4,5)6/h7,11H,8-9H2,1-6H3/q+2/b10-7+/t11-/m1/s1. The molecule has 90 valence electrons. The van der Waals surface area contributed by atoms with E-state index >= 15 is 0 Å². The average molecular weight is 344 g/mol. The van der Waals surface area contributed by atoms with Gasteiger partial charge in [0.05, 0.1) is 60.2 Å². The van der Waals surface area contributed by atoms with Crippen molar-refractivity contribution in [2.24, 2.45) is 0 Å². The van der Waals surface area contributed by atoms with Gasteiger partial charge in [-0.15, -0.1) is 0 Å². The molecule has 0 heterocycles. The first-order chi connectivity index (χ1) is 6.51. The fraction of sp³-hybridized carbons (Fsp3) is 0.818. The van der Waals surface area contributed by atoms with Gasteiger partial charge in [-0.2, -0.15) is 0 Å². The Morgan fingerprint density at radius 2 is 1.53 bits per heavy atom. The molecule has 2 nitrogen and oxygen atoms in total. The van der Waals surface area contributed by atoms with Gasteiger partial charge in [0.2, 0.25) is 0 Å². The zero-order valence-corrected chi connectivity index (χ0v) is 13.9. The van der Waals surface area contributed by atoms with Crippen LogP contribution in [0.3, 0.4) is 0 Å². The second-order valence-corrected chi connectivity index (χ2v) is 8.02. The predicted octanol–water partition coefficient (Wildman–Crippen LogP) is 2.44. The lowest BCUT2D eigenvalue weighted by atomic mass is 10.3. The summed E-state index contributed by atoms with van der Waals surface area (Å²) in [6.07, 6.45) is 2.26. The van der Waals surface area contributed by atoms with Crippen LogP contribution < -0.4 is 0 Å². The lowest BCUT2D eigenvalue weighted by Crippen LogP contribution is -2.40. The quantitative estimate of drug-likeness (QED) is 0.531. The third-order valence-corrected chi connectivity index (χ3v) is 4.11. The van der Waals surface area contributed by atoms with E-state index in [-0.39, 0.29) is 0 Å². The largest absolute Gasteiger partial charge is 0.330 e. The second-order valence-electron chi connectivity index (χ2n) is 6.00. The topological polar surface area (TPSA) is 0 Å². The molecule has 0 saturated carbocycles. The molecule has 0 amide bonds. The maximum Gasteiger partial charge on any atom is 0.0978 e. The Hall–Kier alpha value is 0.620. The molecule has 0 aliphatic heterocycles. The van der Waals surface area contributed by atoms with Gasteiger partial charge in [-0.1, -0.05) is 31.9 Å². The van der Waals surface area contributed by atoms with E-state index in [2.05, 4.69) is 80.2 Å². The van der Waals surface area contributed by atoms with Crippen molar-refractivity contribution in [3.8, 4) is 0 Å². The number of quaternary nitrogens is 2. The van der Waals surface area contributed by atoms with E-state index in [0.717, 1.165) is 22.1 Å². The van der Waals surface area contributed by atoms with Gasteiger partial charge in [-0.3, -0.25) is 0 Å². The first-order valence-electron chi connectivity index (χ1n) is 5.12. The molecule has 0 rings (SSSR count). The Labute approximate surface area is 111 Å². The fourth-order valence-electron chi connectivity index (χ4n) is 1.06. The van der Waals surface area contributed by atoms with Gasteiger partial charge in [0.15, 0.2) is 0 Å². The Morgan fingerprint density at radius 3 is 1.87 bits per heavy atom. The summed E-state index contributed by atoms with van der Waals surface area (Å²) < 4.78 is 3.17. The van der Waals surface area contributed by atoms with Crippen LogP contribution in [0.25, 0.3) is 0 Å². The average Bonchev–Trinajstić information content (AvgIpc) is 1.95.